The maximum atomic E-state index is 11.4. The van der Waals surface area contributed by atoms with E-state index in [1.54, 1.807) is 25.1 Å². The molecule has 1 aliphatic rings. The minimum Gasteiger partial charge on any atom is -0.344 e. The molecule has 4 nitrogen and oxygen atoms in total. The van der Waals surface area contributed by atoms with Gasteiger partial charge in [0.05, 0.1) is 18.1 Å². The Morgan fingerprint density at radius 3 is 2.38 bits per heavy atom. The molecule has 1 fully saturated rings. The second-order valence-corrected chi connectivity index (χ2v) is 6.11. The highest BCUT2D eigenvalue weighted by Gasteiger charge is 2.37. The SMILES string of the molecule is CC1(c2ccccc2S(=O)(=O)Cl)OCCO1. The van der Waals surface area contributed by atoms with Crippen molar-refractivity contribution in [3.05, 3.63) is 29.8 Å². The number of halogens is 1. The predicted molar refractivity (Wildman–Crippen MR) is 58.7 cm³/mol. The zero-order valence-corrected chi connectivity index (χ0v) is 10.2. The minimum absolute atomic E-state index is 0.0288. The van der Waals surface area contributed by atoms with Crippen LogP contribution in [0.4, 0.5) is 0 Å². The molecule has 0 N–H and O–H groups in total. The fourth-order valence-corrected chi connectivity index (χ4v) is 2.89. The van der Waals surface area contributed by atoms with Crippen molar-refractivity contribution in [3.8, 4) is 0 Å². The van der Waals surface area contributed by atoms with Crippen LogP contribution in [0.3, 0.4) is 0 Å². The van der Waals surface area contributed by atoms with E-state index in [0.29, 0.717) is 18.8 Å². The van der Waals surface area contributed by atoms with E-state index in [1.165, 1.54) is 6.07 Å². The van der Waals surface area contributed by atoms with Crippen LogP contribution >= 0.6 is 10.7 Å². The first-order chi connectivity index (χ1) is 7.43. The lowest BCUT2D eigenvalue weighted by Crippen LogP contribution is -2.24. The van der Waals surface area contributed by atoms with Gasteiger partial charge < -0.3 is 9.47 Å². The molecular weight excluding hydrogens is 252 g/mol. The van der Waals surface area contributed by atoms with E-state index in [0.717, 1.165) is 0 Å². The van der Waals surface area contributed by atoms with Crippen LogP contribution in [0, 0.1) is 0 Å². The summed E-state index contributed by atoms with van der Waals surface area (Å²) in [6.45, 7) is 2.56. The van der Waals surface area contributed by atoms with E-state index in [2.05, 4.69) is 0 Å². The Labute approximate surface area is 98.5 Å². The van der Waals surface area contributed by atoms with Gasteiger partial charge in [-0.2, -0.15) is 0 Å². The third kappa shape index (κ3) is 2.08. The normalized spacial score (nSPS) is 19.9. The van der Waals surface area contributed by atoms with Crippen LogP contribution in [0.2, 0.25) is 0 Å². The number of ether oxygens (including phenoxy) is 2. The highest BCUT2D eigenvalue weighted by Crippen LogP contribution is 2.35. The second-order valence-electron chi connectivity index (χ2n) is 3.58. The number of rotatable bonds is 2. The van der Waals surface area contributed by atoms with Crippen LogP contribution in [0.25, 0.3) is 0 Å². The van der Waals surface area contributed by atoms with Gasteiger partial charge in [0.25, 0.3) is 9.05 Å². The van der Waals surface area contributed by atoms with E-state index in [-0.39, 0.29) is 4.90 Å². The van der Waals surface area contributed by atoms with E-state index in [4.69, 9.17) is 20.2 Å². The molecule has 0 radical (unpaired) electrons. The highest BCUT2D eigenvalue weighted by atomic mass is 35.7. The highest BCUT2D eigenvalue weighted by molar-refractivity contribution is 8.13. The maximum absolute atomic E-state index is 11.4. The van der Waals surface area contributed by atoms with E-state index >= 15 is 0 Å². The first kappa shape index (κ1) is 11.9. The Morgan fingerprint density at radius 1 is 1.25 bits per heavy atom. The molecule has 1 aromatic carbocycles. The average Bonchev–Trinajstić information content (AvgIpc) is 2.65. The van der Waals surface area contributed by atoms with Crippen LogP contribution in [-0.4, -0.2) is 21.6 Å². The van der Waals surface area contributed by atoms with Crippen molar-refractivity contribution >= 4 is 19.7 Å². The van der Waals surface area contributed by atoms with Gasteiger partial charge >= 0.3 is 0 Å². The summed E-state index contributed by atoms with van der Waals surface area (Å²) in [7, 11) is 1.57. The summed E-state index contributed by atoms with van der Waals surface area (Å²) >= 11 is 0. The van der Waals surface area contributed by atoms with Gasteiger partial charge in [-0.3, -0.25) is 0 Å². The third-order valence-corrected chi connectivity index (χ3v) is 3.86. The molecule has 16 heavy (non-hydrogen) atoms. The van der Waals surface area contributed by atoms with Crippen molar-refractivity contribution in [1.29, 1.82) is 0 Å². The van der Waals surface area contributed by atoms with Gasteiger partial charge in [0.2, 0.25) is 0 Å². The molecule has 0 atom stereocenters. The molecule has 1 heterocycles. The Kier molecular flexibility index (Phi) is 2.96. The molecule has 0 spiro atoms. The van der Waals surface area contributed by atoms with Crippen molar-refractivity contribution in [2.45, 2.75) is 17.6 Å². The first-order valence-corrected chi connectivity index (χ1v) is 7.06. The van der Waals surface area contributed by atoms with Crippen LogP contribution in [0.5, 0.6) is 0 Å². The standard InChI is InChI=1S/C10H11ClO4S/c1-10(14-6-7-15-10)8-4-2-3-5-9(8)16(11,12)13/h2-5H,6-7H2,1H3. The van der Waals surface area contributed by atoms with Crippen molar-refractivity contribution < 1.29 is 17.9 Å². The maximum Gasteiger partial charge on any atom is 0.261 e. The molecular formula is C10H11ClO4S. The molecule has 0 aromatic heterocycles. The van der Waals surface area contributed by atoms with Crippen LogP contribution in [-0.2, 0) is 24.3 Å². The molecule has 1 aromatic rings. The van der Waals surface area contributed by atoms with Gasteiger partial charge in [0.15, 0.2) is 5.79 Å². The first-order valence-electron chi connectivity index (χ1n) is 4.75. The minimum atomic E-state index is -3.80. The molecule has 0 amide bonds. The van der Waals surface area contributed by atoms with E-state index in [1.807, 2.05) is 0 Å². The summed E-state index contributed by atoms with van der Waals surface area (Å²) in [6, 6.07) is 6.41. The topological polar surface area (TPSA) is 52.6 Å². The third-order valence-electron chi connectivity index (χ3n) is 2.48. The van der Waals surface area contributed by atoms with Crippen molar-refractivity contribution in [2.75, 3.05) is 13.2 Å². The van der Waals surface area contributed by atoms with Crippen LogP contribution < -0.4 is 0 Å². The lowest BCUT2D eigenvalue weighted by Gasteiger charge is -2.24. The van der Waals surface area contributed by atoms with Crippen molar-refractivity contribution in [2.24, 2.45) is 0 Å². The lowest BCUT2D eigenvalue weighted by atomic mass is 10.1. The van der Waals surface area contributed by atoms with Gasteiger partial charge in [-0.05, 0) is 13.0 Å². The van der Waals surface area contributed by atoms with Crippen LogP contribution in [0.15, 0.2) is 29.2 Å². The van der Waals surface area contributed by atoms with Gasteiger partial charge in [-0.25, -0.2) is 8.42 Å². The summed E-state index contributed by atoms with van der Waals surface area (Å²) in [5.41, 5.74) is 0.433. The molecule has 88 valence electrons. The second kappa shape index (κ2) is 4.00. The number of benzene rings is 1. The van der Waals surface area contributed by atoms with Gasteiger partial charge in [-0.15, -0.1) is 0 Å². The fraction of sp³-hybridized carbons (Fsp3) is 0.400. The summed E-state index contributed by atoms with van der Waals surface area (Å²) in [5.74, 6) is -1.03. The monoisotopic (exact) mass is 262 g/mol. The van der Waals surface area contributed by atoms with Gasteiger partial charge in [0, 0.05) is 16.2 Å². The molecule has 1 saturated heterocycles. The number of hydrogen-bond acceptors (Lipinski definition) is 4. The van der Waals surface area contributed by atoms with Crippen LogP contribution in [0.1, 0.15) is 12.5 Å². The van der Waals surface area contributed by atoms with E-state index < -0.39 is 14.8 Å². The zero-order chi connectivity index (χ0) is 11.8. The molecule has 2 rings (SSSR count). The van der Waals surface area contributed by atoms with E-state index in [9.17, 15) is 8.42 Å². The number of hydrogen-bond donors (Lipinski definition) is 0. The Bertz CT molecular complexity index is 491. The molecule has 0 aliphatic carbocycles. The summed E-state index contributed by atoms with van der Waals surface area (Å²) in [6.07, 6.45) is 0. The lowest BCUT2D eigenvalue weighted by molar-refractivity contribution is -0.151. The van der Waals surface area contributed by atoms with Crippen molar-refractivity contribution in [3.63, 3.8) is 0 Å². The van der Waals surface area contributed by atoms with Gasteiger partial charge in [0.1, 0.15) is 0 Å². The van der Waals surface area contributed by atoms with Gasteiger partial charge in [-0.1, -0.05) is 18.2 Å². The Balaban J connectivity index is 2.57. The Morgan fingerprint density at radius 2 is 1.81 bits per heavy atom. The molecule has 1 aliphatic heterocycles. The predicted octanol–water partition coefficient (Wildman–Crippen LogP) is 1.83. The molecule has 0 bridgehead atoms. The largest absolute Gasteiger partial charge is 0.344 e. The molecule has 0 unspecified atom stereocenters. The molecule has 6 heteroatoms. The summed E-state index contributed by atoms with van der Waals surface area (Å²) in [5, 5.41) is 0. The fourth-order valence-electron chi connectivity index (χ4n) is 1.72. The average molecular weight is 263 g/mol. The zero-order valence-electron chi connectivity index (χ0n) is 8.64. The molecule has 0 saturated carbocycles. The quantitative estimate of drug-likeness (QED) is 0.763. The smallest absolute Gasteiger partial charge is 0.261 e. The Hall–Kier alpha value is -0.620. The summed E-state index contributed by atoms with van der Waals surface area (Å²) in [4.78, 5) is 0.0288. The van der Waals surface area contributed by atoms with Crippen molar-refractivity contribution in [1.82, 2.24) is 0 Å². The summed E-state index contributed by atoms with van der Waals surface area (Å²) < 4.78 is 33.6.